The highest BCUT2D eigenvalue weighted by Crippen LogP contribution is 1.84. The summed E-state index contributed by atoms with van der Waals surface area (Å²) >= 11 is 0. The molecule has 0 fully saturated rings. The number of rotatable bonds is 0. The number of nitrogens with zero attached hydrogens (tertiary/aromatic N) is 2. The van der Waals surface area contributed by atoms with Crippen molar-refractivity contribution in [2.45, 2.75) is 6.92 Å². The Morgan fingerprint density at radius 3 is 3.38 bits per heavy atom. The van der Waals surface area contributed by atoms with Crippen LogP contribution in [-0.4, -0.2) is 18.5 Å². The van der Waals surface area contributed by atoms with E-state index in [-0.39, 0.29) is 0 Å². The highest BCUT2D eigenvalue weighted by molar-refractivity contribution is 6.29. The summed E-state index contributed by atoms with van der Waals surface area (Å²) in [5, 5.41) is 0. The van der Waals surface area contributed by atoms with Gasteiger partial charge in [-0.3, -0.25) is 9.98 Å². The molecule has 2 nitrogen and oxygen atoms in total. The van der Waals surface area contributed by atoms with Gasteiger partial charge in [-0.2, -0.15) is 0 Å². The second kappa shape index (κ2) is 2.40. The normalized spacial score (nSPS) is 17.9. The molecule has 0 bridgehead atoms. The van der Waals surface area contributed by atoms with E-state index in [1.165, 1.54) is 0 Å². The molecule has 1 rings (SSSR count). The van der Waals surface area contributed by atoms with E-state index in [2.05, 4.69) is 9.98 Å². The van der Waals surface area contributed by atoms with Crippen molar-refractivity contribution in [1.29, 1.82) is 0 Å². The monoisotopic (exact) mass is 108 g/mol. The Morgan fingerprint density at radius 2 is 2.50 bits per heavy atom. The molecule has 42 valence electrons. The molecule has 1 aliphatic rings. The molecule has 0 unspecified atom stereocenters. The van der Waals surface area contributed by atoms with Crippen molar-refractivity contribution in [3.05, 3.63) is 12.3 Å². The zero-order valence-corrected chi connectivity index (χ0v) is 4.83. The van der Waals surface area contributed by atoms with Gasteiger partial charge in [0.15, 0.2) is 0 Å². The first-order valence-corrected chi connectivity index (χ1v) is 2.59. The molecular formula is C6H8N2. The first-order chi connectivity index (χ1) is 3.89. The van der Waals surface area contributed by atoms with Gasteiger partial charge in [0.25, 0.3) is 0 Å². The average Bonchev–Trinajstić information content (AvgIpc) is 1.94. The molecule has 0 saturated carbocycles. The molecule has 1 heterocycles. The van der Waals surface area contributed by atoms with Crippen LogP contribution in [0.3, 0.4) is 0 Å². The third-order valence-corrected chi connectivity index (χ3v) is 0.873. The molecule has 0 radical (unpaired) electrons. The van der Waals surface area contributed by atoms with Gasteiger partial charge in [-0.1, -0.05) is 0 Å². The summed E-state index contributed by atoms with van der Waals surface area (Å²) in [5.41, 5.74) is 0.971. The molecule has 0 aromatic rings. The predicted molar refractivity (Wildman–Crippen MR) is 35.6 cm³/mol. The van der Waals surface area contributed by atoms with Gasteiger partial charge in [0.1, 0.15) is 0 Å². The van der Waals surface area contributed by atoms with Crippen LogP contribution in [0.4, 0.5) is 0 Å². The van der Waals surface area contributed by atoms with Crippen LogP contribution in [0.2, 0.25) is 0 Å². The van der Waals surface area contributed by atoms with Crippen molar-refractivity contribution < 1.29 is 0 Å². The zero-order chi connectivity index (χ0) is 5.82. The summed E-state index contributed by atoms with van der Waals surface area (Å²) in [6.45, 7) is 2.69. The van der Waals surface area contributed by atoms with Crippen LogP contribution < -0.4 is 0 Å². The summed E-state index contributed by atoms with van der Waals surface area (Å²) in [6.07, 6.45) is 5.48. The van der Waals surface area contributed by atoms with Crippen molar-refractivity contribution >= 4 is 11.9 Å². The van der Waals surface area contributed by atoms with Crippen LogP contribution in [0.25, 0.3) is 0 Å². The second-order valence-electron chi connectivity index (χ2n) is 1.65. The molecule has 0 aromatic carbocycles. The van der Waals surface area contributed by atoms with Gasteiger partial charge in [0.05, 0.1) is 12.3 Å². The third kappa shape index (κ3) is 1.30. The van der Waals surface area contributed by atoms with Crippen molar-refractivity contribution in [1.82, 2.24) is 0 Å². The maximum Gasteiger partial charge on any atom is 0.0588 e. The van der Waals surface area contributed by atoms with Crippen molar-refractivity contribution in [2.24, 2.45) is 9.98 Å². The number of aliphatic imine (C=N–C) groups is 2. The van der Waals surface area contributed by atoms with E-state index in [0.29, 0.717) is 0 Å². The maximum absolute atomic E-state index is 4.01. The fourth-order valence-electron chi connectivity index (χ4n) is 0.496. The lowest BCUT2D eigenvalue weighted by molar-refractivity contribution is 1.26. The lowest BCUT2D eigenvalue weighted by Crippen LogP contribution is -1.88. The Kier molecular flexibility index (Phi) is 1.57. The summed E-state index contributed by atoms with van der Waals surface area (Å²) in [4.78, 5) is 8.02. The smallest absolute Gasteiger partial charge is 0.0588 e. The number of hydrogen-bond acceptors (Lipinski definition) is 2. The molecule has 0 atom stereocenters. The van der Waals surface area contributed by atoms with Crippen LogP contribution in [0.5, 0.6) is 0 Å². The standard InChI is InChI=1S/C6H8N2/c1-6-5-7-3-2-4-8-6/h2,4-5H,3H2,1H3. The fourth-order valence-corrected chi connectivity index (χ4v) is 0.496. The van der Waals surface area contributed by atoms with Gasteiger partial charge in [-0.05, 0) is 13.0 Å². The number of hydrogen-bond donors (Lipinski definition) is 0. The van der Waals surface area contributed by atoms with Crippen LogP contribution >= 0.6 is 0 Å². The average molecular weight is 108 g/mol. The highest BCUT2D eigenvalue weighted by Gasteiger charge is 1.82. The molecule has 0 spiro atoms. The van der Waals surface area contributed by atoms with E-state index < -0.39 is 0 Å². The topological polar surface area (TPSA) is 24.7 Å². The molecule has 0 aliphatic carbocycles. The van der Waals surface area contributed by atoms with E-state index in [1.807, 2.05) is 13.0 Å². The molecule has 0 amide bonds. The molecule has 1 aliphatic heterocycles. The van der Waals surface area contributed by atoms with Crippen molar-refractivity contribution in [3.63, 3.8) is 0 Å². The van der Waals surface area contributed by atoms with Gasteiger partial charge >= 0.3 is 0 Å². The molecule has 2 heteroatoms. The minimum atomic E-state index is 0.765. The Morgan fingerprint density at radius 1 is 1.62 bits per heavy atom. The summed E-state index contributed by atoms with van der Waals surface area (Å²) in [7, 11) is 0. The third-order valence-electron chi connectivity index (χ3n) is 0.873. The van der Waals surface area contributed by atoms with Crippen molar-refractivity contribution in [3.8, 4) is 0 Å². The van der Waals surface area contributed by atoms with E-state index >= 15 is 0 Å². The van der Waals surface area contributed by atoms with E-state index in [4.69, 9.17) is 0 Å². The first kappa shape index (κ1) is 5.22. The first-order valence-electron chi connectivity index (χ1n) is 2.59. The van der Waals surface area contributed by atoms with Gasteiger partial charge < -0.3 is 0 Å². The van der Waals surface area contributed by atoms with Gasteiger partial charge in [-0.15, -0.1) is 0 Å². The van der Waals surface area contributed by atoms with Crippen LogP contribution in [-0.2, 0) is 0 Å². The summed E-state index contributed by atoms with van der Waals surface area (Å²) < 4.78 is 0. The van der Waals surface area contributed by atoms with Gasteiger partial charge in [0, 0.05) is 12.4 Å². The van der Waals surface area contributed by atoms with E-state index in [1.54, 1.807) is 12.4 Å². The lowest BCUT2D eigenvalue weighted by atomic mass is 10.5. The second-order valence-corrected chi connectivity index (χ2v) is 1.65. The molecule has 0 saturated heterocycles. The Labute approximate surface area is 48.7 Å². The fraction of sp³-hybridized carbons (Fsp3) is 0.333. The highest BCUT2D eigenvalue weighted by atomic mass is 14.8. The Bertz CT molecular complexity index is 154. The Balaban J connectivity index is 2.73. The molecule has 0 aromatic heterocycles. The summed E-state index contributed by atoms with van der Waals surface area (Å²) in [6, 6.07) is 0. The SMILES string of the molecule is CC1=NC=CCN=C1. The van der Waals surface area contributed by atoms with Crippen LogP contribution in [0.15, 0.2) is 22.3 Å². The molecule has 8 heavy (non-hydrogen) atoms. The summed E-state index contributed by atoms with van der Waals surface area (Å²) in [5.74, 6) is 0. The Hall–Kier alpha value is -0.920. The predicted octanol–water partition coefficient (Wildman–Crippen LogP) is 1.05. The maximum atomic E-state index is 4.01. The van der Waals surface area contributed by atoms with E-state index in [9.17, 15) is 0 Å². The van der Waals surface area contributed by atoms with Crippen molar-refractivity contribution in [2.75, 3.05) is 6.54 Å². The minimum absolute atomic E-state index is 0.765. The van der Waals surface area contributed by atoms with Gasteiger partial charge in [0.2, 0.25) is 0 Å². The zero-order valence-electron chi connectivity index (χ0n) is 4.83. The largest absolute Gasteiger partial charge is 0.287 e. The van der Waals surface area contributed by atoms with Gasteiger partial charge in [-0.25, -0.2) is 0 Å². The van der Waals surface area contributed by atoms with Crippen LogP contribution in [0.1, 0.15) is 6.92 Å². The van der Waals surface area contributed by atoms with Crippen LogP contribution in [0, 0.1) is 0 Å². The molecular weight excluding hydrogens is 100 g/mol. The minimum Gasteiger partial charge on any atom is -0.287 e. The van der Waals surface area contributed by atoms with E-state index in [0.717, 1.165) is 12.3 Å². The molecule has 0 N–H and O–H groups in total. The lowest BCUT2D eigenvalue weighted by Gasteiger charge is -1.79. The quantitative estimate of drug-likeness (QED) is 0.443.